The van der Waals surface area contributed by atoms with E-state index in [0.29, 0.717) is 5.56 Å². The number of benzene rings is 1. The van der Waals surface area contributed by atoms with Crippen molar-refractivity contribution in [2.75, 3.05) is 11.3 Å². The quantitative estimate of drug-likeness (QED) is 0.809. The first-order valence-corrected chi connectivity index (χ1v) is 9.06. The Hall–Kier alpha value is -0.880. The van der Waals surface area contributed by atoms with Gasteiger partial charge in [-0.25, -0.2) is 16.8 Å². The molecule has 0 amide bonds. The summed E-state index contributed by atoms with van der Waals surface area (Å²) in [5.74, 6) is -0.228. The van der Waals surface area contributed by atoms with Crippen molar-refractivity contribution in [2.45, 2.75) is 19.1 Å². The third kappa shape index (κ3) is 5.32. The second-order valence-corrected chi connectivity index (χ2v) is 8.68. The molecular formula is C11H16O4S2. The highest BCUT2D eigenvalue weighted by molar-refractivity contribution is 8.07. The molecule has 0 aromatic heterocycles. The molecule has 0 aliphatic carbocycles. The van der Waals surface area contributed by atoms with Crippen LogP contribution in [0, 0.1) is 0 Å². The molecule has 0 N–H and O–H groups in total. The first-order chi connectivity index (χ1) is 7.72. The van der Waals surface area contributed by atoms with E-state index in [0.717, 1.165) is 18.2 Å². The van der Waals surface area contributed by atoms with Gasteiger partial charge in [-0.15, -0.1) is 0 Å². The standard InChI is InChI=1S/C11H16O4S2/c1-3-10-5-4-6-11(7-10)8-17(14,15)9-16(2,12)13/h4-7H,3,8-9H2,1-2H3. The fourth-order valence-electron chi connectivity index (χ4n) is 1.56. The van der Waals surface area contributed by atoms with Crippen LogP contribution in [-0.2, 0) is 31.8 Å². The molecule has 0 saturated heterocycles. The lowest BCUT2D eigenvalue weighted by Crippen LogP contribution is -2.16. The molecule has 0 bridgehead atoms. The van der Waals surface area contributed by atoms with E-state index in [1.807, 2.05) is 13.0 Å². The zero-order valence-corrected chi connectivity index (χ0v) is 11.5. The number of hydrogen-bond acceptors (Lipinski definition) is 4. The second kappa shape index (κ2) is 5.18. The summed E-state index contributed by atoms with van der Waals surface area (Å²) < 4.78 is 45.2. The summed E-state index contributed by atoms with van der Waals surface area (Å²) in [6, 6.07) is 7.18. The van der Waals surface area contributed by atoms with E-state index >= 15 is 0 Å². The summed E-state index contributed by atoms with van der Waals surface area (Å²) in [4.78, 5) is 0. The van der Waals surface area contributed by atoms with E-state index in [9.17, 15) is 16.8 Å². The van der Waals surface area contributed by atoms with Gasteiger partial charge >= 0.3 is 0 Å². The lowest BCUT2D eigenvalue weighted by atomic mass is 10.1. The van der Waals surface area contributed by atoms with Gasteiger partial charge in [0.05, 0.1) is 5.75 Å². The lowest BCUT2D eigenvalue weighted by molar-refractivity contribution is 0.591. The maximum absolute atomic E-state index is 11.6. The molecule has 0 aliphatic rings. The van der Waals surface area contributed by atoms with Crippen LogP contribution in [0.4, 0.5) is 0 Å². The fourth-order valence-corrected chi connectivity index (χ4v) is 5.19. The van der Waals surface area contributed by atoms with E-state index in [1.165, 1.54) is 0 Å². The minimum atomic E-state index is -3.61. The first-order valence-electron chi connectivity index (χ1n) is 5.18. The Balaban J connectivity index is 2.90. The normalized spacial score (nSPS) is 12.6. The molecule has 1 rings (SSSR count). The van der Waals surface area contributed by atoms with Crippen molar-refractivity contribution in [3.63, 3.8) is 0 Å². The summed E-state index contributed by atoms with van der Waals surface area (Å²) in [7, 11) is -7.11. The van der Waals surface area contributed by atoms with Crippen LogP contribution in [0.25, 0.3) is 0 Å². The van der Waals surface area contributed by atoms with Crippen LogP contribution in [0.15, 0.2) is 24.3 Å². The third-order valence-corrected chi connectivity index (χ3v) is 6.10. The van der Waals surface area contributed by atoms with Gasteiger partial charge in [0.1, 0.15) is 0 Å². The minimum Gasteiger partial charge on any atom is -0.228 e. The van der Waals surface area contributed by atoms with Crippen molar-refractivity contribution in [1.29, 1.82) is 0 Å². The summed E-state index contributed by atoms with van der Waals surface area (Å²) in [6.07, 6.45) is 1.74. The maximum Gasteiger partial charge on any atom is 0.168 e. The summed E-state index contributed by atoms with van der Waals surface area (Å²) in [5.41, 5.74) is 1.67. The average Bonchev–Trinajstić information content (AvgIpc) is 2.13. The summed E-state index contributed by atoms with van der Waals surface area (Å²) in [6.45, 7) is 1.98. The van der Waals surface area contributed by atoms with E-state index in [2.05, 4.69) is 0 Å². The number of rotatable bonds is 5. The van der Waals surface area contributed by atoms with Gasteiger partial charge in [-0.2, -0.15) is 0 Å². The molecule has 0 aliphatic heterocycles. The Labute approximate surface area is 103 Å². The zero-order chi connectivity index (χ0) is 13.1. The monoisotopic (exact) mass is 276 g/mol. The third-order valence-electron chi connectivity index (χ3n) is 2.18. The molecule has 0 saturated carbocycles. The van der Waals surface area contributed by atoms with Crippen LogP contribution >= 0.6 is 0 Å². The van der Waals surface area contributed by atoms with Crippen LogP contribution in [-0.4, -0.2) is 28.2 Å². The van der Waals surface area contributed by atoms with Gasteiger partial charge < -0.3 is 0 Å². The van der Waals surface area contributed by atoms with Gasteiger partial charge in [0.2, 0.25) is 0 Å². The number of aryl methyl sites for hydroxylation is 1. The Morgan fingerprint density at radius 3 is 2.18 bits per heavy atom. The predicted octanol–water partition coefficient (Wildman–Crippen LogP) is 1.17. The Kier molecular flexibility index (Phi) is 4.32. The number of hydrogen-bond donors (Lipinski definition) is 0. The van der Waals surface area contributed by atoms with Crippen molar-refractivity contribution in [3.8, 4) is 0 Å². The van der Waals surface area contributed by atoms with Crippen LogP contribution in [0.1, 0.15) is 18.1 Å². The molecule has 6 heteroatoms. The highest BCUT2D eigenvalue weighted by Gasteiger charge is 2.18. The molecule has 0 heterocycles. The molecule has 0 fully saturated rings. The Bertz CT molecular complexity index is 586. The van der Waals surface area contributed by atoms with E-state index in [4.69, 9.17) is 0 Å². The SMILES string of the molecule is CCc1cccc(CS(=O)(=O)CS(C)(=O)=O)c1. The maximum atomic E-state index is 11.6. The smallest absolute Gasteiger partial charge is 0.168 e. The van der Waals surface area contributed by atoms with Crippen molar-refractivity contribution in [1.82, 2.24) is 0 Å². The van der Waals surface area contributed by atoms with Crippen molar-refractivity contribution in [2.24, 2.45) is 0 Å². The highest BCUT2D eigenvalue weighted by atomic mass is 32.3. The molecule has 96 valence electrons. The van der Waals surface area contributed by atoms with Crippen molar-refractivity contribution in [3.05, 3.63) is 35.4 Å². The van der Waals surface area contributed by atoms with E-state index < -0.39 is 24.8 Å². The highest BCUT2D eigenvalue weighted by Crippen LogP contribution is 2.11. The topological polar surface area (TPSA) is 68.3 Å². The van der Waals surface area contributed by atoms with Crippen molar-refractivity contribution >= 4 is 19.7 Å². The van der Waals surface area contributed by atoms with Crippen molar-refractivity contribution < 1.29 is 16.8 Å². The molecule has 0 spiro atoms. The largest absolute Gasteiger partial charge is 0.228 e. The lowest BCUT2D eigenvalue weighted by Gasteiger charge is -2.05. The van der Waals surface area contributed by atoms with Gasteiger partial charge in [0, 0.05) is 6.26 Å². The number of sulfone groups is 2. The molecule has 4 nitrogen and oxygen atoms in total. The van der Waals surface area contributed by atoms with E-state index in [1.54, 1.807) is 18.2 Å². The zero-order valence-electron chi connectivity index (χ0n) is 9.88. The first kappa shape index (κ1) is 14.2. The van der Waals surface area contributed by atoms with Gasteiger partial charge in [-0.1, -0.05) is 31.2 Å². The predicted molar refractivity (Wildman–Crippen MR) is 68.2 cm³/mol. The van der Waals surface area contributed by atoms with Crippen LogP contribution in [0.2, 0.25) is 0 Å². The Morgan fingerprint density at radius 1 is 1.06 bits per heavy atom. The Morgan fingerprint density at radius 2 is 1.65 bits per heavy atom. The molecule has 1 aromatic carbocycles. The molecule has 17 heavy (non-hydrogen) atoms. The molecular weight excluding hydrogens is 260 g/mol. The average molecular weight is 276 g/mol. The second-order valence-electron chi connectivity index (χ2n) is 4.11. The summed E-state index contributed by atoms with van der Waals surface area (Å²) >= 11 is 0. The molecule has 1 aromatic rings. The van der Waals surface area contributed by atoms with Gasteiger partial charge in [0.25, 0.3) is 0 Å². The van der Waals surface area contributed by atoms with Crippen LogP contribution < -0.4 is 0 Å². The minimum absolute atomic E-state index is 0.228. The summed E-state index contributed by atoms with van der Waals surface area (Å²) in [5, 5.41) is -0.795. The molecule has 0 unspecified atom stereocenters. The van der Waals surface area contributed by atoms with Crippen LogP contribution in [0.5, 0.6) is 0 Å². The van der Waals surface area contributed by atoms with Gasteiger partial charge in [-0.3, -0.25) is 0 Å². The molecule has 0 atom stereocenters. The van der Waals surface area contributed by atoms with Crippen LogP contribution in [0.3, 0.4) is 0 Å². The van der Waals surface area contributed by atoms with Gasteiger partial charge in [-0.05, 0) is 17.5 Å². The fraction of sp³-hybridized carbons (Fsp3) is 0.455. The van der Waals surface area contributed by atoms with E-state index in [-0.39, 0.29) is 5.75 Å². The molecule has 0 radical (unpaired) electrons. The van der Waals surface area contributed by atoms with Gasteiger partial charge in [0.15, 0.2) is 24.8 Å².